The molecule has 0 aromatic heterocycles. The topological polar surface area (TPSA) is 113 Å². The number of hydrogen-bond acceptors (Lipinski definition) is 5. The maximum Gasteiger partial charge on any atom is 0.261 e. The van der Waals surface area contributed by atoms with Gasteiger partial charge in [0, 0.05) is 10.2 Å². The van der Waals surface area contributed by atoms with E-state index in [2.05, 4.69) is 26.0 Å². The predicted octanol–water partition coefficient (Wildman–Crippen LogP) is 4.96. The molecule has 3 aromatic carbocycles. The van der Waals surface area contributed by atoms with E-state index in [9.17, 15) is 21.6 Å². The third-order valence-corrected chi connectivity index (χ3v) is 8.26. The predicted molar refractivity (Wildman–Crippen MR) is 139 cm³/mol. The van der Waals surface area contributed by atoms with Gasteiger partial charge in [0.25, 0.3) is 10.0 Å². The minimum absolute atomic E-state index is 0.0671. The van der Waals surface area contributed by atoms with Crippen LogP contribution in [0.4, 0.5) is 17.1 Å². The Labute approximate surface area is 216 Å². The number of halogens is 3. The second-order valence-electron chi connectivity index (χ2n) is 7.03. The molecule has 0 aliphatic carbocycles. The van der Waals surface area contributed by atoms with E-state index < -0.39 is 32.5 Å². The Bertz CT molecular complexity index is 1430. The van der Waals surface area contributed by atoms with E-state index in [-0.39, 0.29) is 26.3 Å². The fourth-order valence-corrected chi connectivity index (χ4v) is 5.58. The Kier molecular flexibility index (Phi) is 8.14. The van der Waals surface area contributed by atoms with Crippen LogP contribution in [0.1, 0.15) is 0 Å². The summed E-state index contributed by atoms with van der Waals surface area (Å²) in [6.07, 6.45) is 1.00. The first-order chi connectivity index (χ1) is 15.9. The van der Waals surface area contributed by atoms with E-state index in [0.717, 1.165) is 10.6 Å². The summed E-state index contributed by atoms with van der Waals surface area (Å²) in [7, 11) is -7.71. The van der Waals surface area contributed by atoms with Crippen LogP contribution in [-0.4, -0.2) is 35.5 Å². The lowest BCUT2D eigenvalue weighted by Gasteiger charge is -2.22. The van der Waals surface area contributed by atoms with Crippen molar-refractivity contribution in [3.05, 3.63) is 81.2 Å². The van der Waals surface area contributed by atoms with Crippen molar-refractivity contribution in [3.63, 3.8) is 0 Å². The Morgan fingerprint density at radius 3 is 2.24 bits per heavy atom. The Morgan fingerprint density at radius 2 is 1.62 bits per heavy atom. The van der Waals surface area contributed by atoms with Crippen LogP contribution in [0.15, 0.2) is 76.1 Å². The highest BCUT2D eigenvalue weighted by Gasteiger charge is 2.22. The summed E-state index contributed by atoms with van der Waals surface area (Å²) < 4.78 is 53.7. The van der Waals surface area contributed by atoms with Crippen LogP contribution in [0.2, 0.25) is 10.0 Å². The molecule has 0 spiro atoms. The first-order valence-corrected chi connectivity index (χ1v) is 14.3. The van der Waals surface area contributed by atoms with Crippen LogP contribution in [-0.2, 0) is 24.8 Å². The molecule has 2 N–H and O–H groups in total. The number of amides is 1. The van der Waals surface area contributed by atoms with Crippen molar-refractivity contribution < 1.29 is 21.6 Å². The number of sulfonamides is 2. The van der Waals surface area contributed by atoms with Crippen LogP contribution < -0.4 is 14.3 Å². The third kappa shape index (κ3) is 6.63. The number of nitrogens with one attached hydrogen (secondary N) is 2. The number of nitrogens with zero attached hydrogens (tertiary/aromatic N) is 1. The molecule has 0 heterocycles. The second kappa shape index (κ2) is 10.5. The lowest BCUT2D eigenvalue weighted by molar-refractivity contribution is -0.114. The molecule has 3 aromatic rings. The quantitative estimate of drug-likeness (QED) is 0.376. The monoisotopic (exact) mass is 605 g/mol. The van der Waals surface area contributed by atoms with E-state index in [1.54, 1.807) is 30.3 Å². The summed E-state index contributed by atoms with van der Waals surface area (Å²) in [6, 6.07) is 16.4. The Morgan fingerprint density at radius 1 is 0.971 bits per heavy atom. The van der Waals surface area contributed by atoms with Crippen molar-refractivity contribution >= 4 is 82.1 Å². The van der Waals surface area contributed by atoms with Crippen LogP contribution in [0.25, 0.3) is 0 Å². The van der Waals surface area contributed by atoms with Crippen LogP contribution in [0, 0.1) is 0 Å². The van der Waals surface area contributed by atoms with Crippen molar-refractivity contribution in [2.24, 2.45) is 0 Å². The maximum atomic E-state index is 12.7. The van der Waals surface area contributed by atoms with Gasteiger partial charge < -0.3 is 5.32 Å². The molecule has 180 valence electrons. The van der Waals surface area contributed by atoms with Gasteiger partial charge in [0.1, 0.15) is 6.54 Å². The zero-order valence-electron chi connectivity index (χ0n) is 17.5. The molecule has 0 radical (unpaired) electrons. The van der Waals surface area contributed by atoms with Gasteiger partial charge in [-0.2, -0.15) is 0 Å². The van der Waals surface area contributed by atoms with Gasteiger partial charge in [0.2, 0.25) is 15.9 Å². The van der Waals surface area contributed by atoms with Gasteiger partial charge in [-0.3, -0.25) is 13.8 Å². The number of hydrogen-bond donors (Lipinski definition) is 2. The minimum Gasteiger partial charge on any atom is -0.325 e. The van der Waals surface area contributed by atoms with Crippen LogP contribution in [0.3, 0.4) is 0 Å². The number of carbonyl (C=O) groups excluding carboxylic acids is 1. The molecular weight excluding hydrogens is 589 g/mol. The molecule has 0 saturated heterocycles. The summed E-state index contributed by atoms with van der Waals surface area (Å²) in [6.45, 7) is -0.468. The van der Waals surface area contributed by atoms with Crippen LogP contribution >= 0.6 is 39.1 Å². The van der Waals surface area contributed by atoms with Gasteiger partial charge in [0.05, 0.1) is 32.6 Å². The second-order valence-corrected chi connectivity index (χ2v) is 12.3. The van der Waals surface area contributed by atoms with Gasteiger partial charge >= 0.3 is 0 Å². The molecular formula is C21H18BrCl2N3O5S2. The molecule has 34 heavy (non-hydrogen) atoms. The highest BCUT2D eigenvalue weighted by molar-refractivity contribution is 9.10. The molecule has 0 aliphatic rings. The molecule has 8 nitrogen and oxygen atoms in total. The first-order valence-electron chi connectivity index (χ1n) is 9.47. The number of rotatable bonds is 8. The van der Waals surface area contributed by atoms with E-state index in [4.69, 9.17) is 23.2 Å². The van der Waals surface area contributed by atoms with Gasteiger partial charge in [-0.1, -0.05) is 51.3 Å². The van der Waals surface area contributed by atoms with Gasteiger partial charge in [0.15, 0.2) is 0 Å². The summed E-state index contributed by atoms with van der Waals surface area (Å²) in [5.74, 6) is -0.607. The third-order valence-electron chi connectivity index (χ3n) is 4.43. The average Bonchev–Trinajstić information content (AvgIpc) is 2.75. The highest BCUT2D eigenvalue weighted by atomic mass is 79.9. The standard InChI is InChI=1S/C21H18BrCl2N3O5S2/c1-33(29,30)27(16-5-2-4-14(22)12-16)13-20(28)25-15-8-10-17(11-9-15)34(31,32)26-19-7-3-6-18(23)21(19)24/h2-12,26H,13H2,1H3,(H,25,28). The highest BCUT2D eigenvalue weighted by Crippen LogP contribution is 2.31. The molecule has 13 heteroatoms. The van der Waals surface area contributed by atoms with E-state index in [1.165, 1.54) is 36.4 Å². The molecule has 1 amide bonds. The molecule has 3 rings (SSSR count). The smallest absolute Gasteiger partial charge is 0.261 e. The number of benzene rings is 3. The average molecular weight is 607 g/mol. The Balaban J connectivity index is 1.73. The van der Waals surface area contributed by atoms with E-state index in [1.807, 2.05) is 0 Å². The molecule has 0 unspecified atom stereocenters. The fraction of sp³-hybridized carbons (Fsp3) is 0.0952. The van der Waals surface area contributed by atoms with Crippen molar-refractivity contribution in [1.82, 2.24) is 0 Å². The fourth-order valence-electron chi connectivity index (χ4n) is 2.87. The molecule has 0 bridgehead atoms. The molecule has 0 saturated carbocycles. The maximum absolute atomic E-state index is 12.7. The summed E-state index contributed by atoms with van der Waals surface area (Å²) in [5.41, 5.74) is 0.728. The van der Waals surface area contributed by atoms with Crippen molar-refractivity contribution in [3.8, 4) is 0 Å². The molecule has 0 atom stereocenters. The summed E-state index contributed by atoms with van der Waals surface area (Å²) >= 11 is 15.2. The summed E-state index contributed by atoms with van der Waals surface area (Å²) in [5, 5.41) is 2.83. The van der Waals surface area contributed by atoms with Crippen molar-refractivity contribution in [2.75, 3.05) is 27.1 Å². The Hall–Kier alpha value is -2.31. The van der Waals surface area contributed by atoms with Gasteiger partial charge in [-0.15, -0.1) is 0 Å². The molecule has 0 fully saturated rings. The summed E-state index contributed by atoms with van der Waals surface area (Å²) in [4.78, 5) is 12.5. The largest absolute Gasteiger partial charge is 0.325 e. The van der Waals surface area contributed by atoms with E-state index >= 15 is 0 Å². The first kappa shape index (κ1) is 26.3. The van der Waals surface area contributed by atoms with Crippen molar-refractivity contribution in [2.45, 2.75) is 4.90 Å². The lowest BCUT2D eigenvalue weighted by atomic mass is 10.3. The number of carbonyl (C=O) groups is 1. The van der Waals surface area contributed by atoms with Gasteiger partial charge in [-0.05, 0) is 54.6 Å². The number of anilines is 3. The minimum atomic E-state index is -3.97. The zero-order chi connectivity index (χ0) is 25.1. The normalized spacial score (nSPS) is 11.6. The van der Waals surface area contributed by atoms with E-state index in [0.29, 0.717) is 10.2 Å². The van der Waals surface area contributed by atoms with Crippen LogP contribution in [0.5, 0.6) is 0 Å². The lowest BCUT2D eigenvalue weighted by Crippen LogP contribution is -2.37. The van der Waals surface area contributed by atoms with Crippen molar-refractivity contribution in [1.29, 1.82) is 0 Å². The molecule has 0 aliphatic heterocycles. The zero-order valence-corrected chi connectivity index (χ0v) is 22.2. The SMILES string of the molecule is CS(=O)(=O)N(CC(=O)Nc1ccc(S(=O)(=O)Nc2cccc(Cl)c2Cl)cc1)c1cccc(Br)c1. The van der Waals surface area contributed by atoms with Gasteiger partial charge in [-0.25, -0.2) is 16.8 Å².